The topological polar surface area (TPSA) is 64.3 Å². The molecule has 1 aliphatic rings. The summed E-state index contributed by atoms with van der Waals surface area (Å²) in [5, 5.41) is 8.78. The van der Waals surface area contributed by atoms with Gasteiger partial charge in [-0.1, -0.05) is 6.07 Å². The molecule has 0 saturated carbocycles. The van der Waals surface area contributed by atoms with Gasteiger partial charge < -0.3 is 4.55 Å². The lowest BCUT2D eigenvalue weighted by atomic mass is 9.98. The molecular formula is C11H12N2O2S. The first kappa shape index (κ1) is 11.3. The van der Waals surface area contributed by atoms with E-state index in [0.29, 0.717) is 12.1 Å². The maximum absolute atomic E-state index is 10.7. The summed E-state index contributed by atoms with van der Waals surface area (Å²) in [6, 6.07) is 7.74. The molecule has 0 radical (unpaired) electrons. The average molecular weight is 236 g/mol. The first-order chi connectivity index (χ1) is 7.69. The Morgan fingerprint density at radius 2 is 2.31 bits per heavy atom. The van der Waals surface area contributed by atoms with Crippen molar-refractivity contribution in [1.29, 1.82) is 5.26 Å². The van der Waals surface area contributed by atoms with E-state index in [1.165, 1.54) is 5.56 Å². The lowest BCUT2D eigenvalue weighted by molar-refractivity contribution is 0.291. The van der Waals surface area contributed by atoms with Crippen LogP contribution in [-0.4, -0.2) is 26.1 Å². The molecule has 0 aliphatic carbocycles. The summed E-state index contributed by atoms with van der Waals surface area (Å²) in [4.78, 5) is 1.95. The molecule has 16 heavy (non-hydrogen) atoms. The van der Waals surface area contributed by atoms with Gasteiger partial charge in [-0.25, -0.2) is 4.21 Å². The standard InChI is InChI=1S/C11H12N2O2S/c12-6-9-1-2-11-7-13(8-16(14)15)4-3-10(11)5-9/h1-2,5H,3-4,7-8H2,(H,14,15). The Hall–Kier alpha value is -1.22. The fraction of sp³-hybridized carbons (Fsp3) is 0.364. The molecular weight excluding hydrogens is 224 g/mol. The van der Waals surface area contributed by atoms with Crippen LogP contribution in [0.3, 0.4) is 0 Å². The molecule has 1 aromatic carbocycles. The van der Waals surface area contributed by atoms with Crippen LogP contribution in [0.15, 0.2) is 18.2 Å². The van der Waals surface area contributed by atoms with Gasteiger partial charge in [0, 0.05) is 13.1 Å². The van der Waals surface area contributed by atoms with E-state index in [0.717, 1.165) is 18.5 Å². The minimum absolute atomic E-state index is 0.194. The fourth-order valence-corrected chi connectivity index (χ4v) is 2.48. The molecule has 84 valence electrons. The minimum Gasteiger partial charge on any atom is -0.305 e. The monoisotopic (exact) mass is 236 g/mol. The Morgan fingerprint density at radius 3 is 3.00 bits per heavy atom. The van der Waals surface area contributed by atoms with Crippen LogP contribution in [0.4, 0.5) is 0 Å². The van der Waals surface area contributed by atoms with Crippen LogP contribution in [0.2, 0.25) is 0 Å². The first-order valence-electron chi connectivity index (χ1n) is 5.01. The Bertz CT molecular complexity index is 468. The zero-order valence-corrected chi connectivity index (χ0v) is 9.54. The van der Waals surface area contributed by atoms with Crippen molar-refractivity contribution in [3.63, 3.8) is 0 Å². The highest BCUT2D eigenvalue weighted by Gasteiger charge is 2.17. The van der Waals surface area contributed by atoms with E-state index in [1.807, 2.05) is 17.0 Å². The van der Waals surface area contributed by atoms with Crippen molar-refractivity contribution in [3.05, 3.63) is 34.9 Å². The van der Waals surface area contributed by atoms with Crippen molar-refractivity contribution in [3.8, 4) is 6.07 Å². The van der Waals surface area contributed by atoms with Crippen molar-refractivity contribution < 1.29 is 8.76 Å². The maximum Gasteiger partial charge on any atom is 0.167 e. The van der Waals surface area contributed by atoms with Gasteiger partial charge in [0.15, 0.2) is 11.1 Å². The molecule has 1 aromatic rings. The molecule has 1 unspecified atom stereocenters. The number of nitriles is 1. The number of fused-ring (bicyclic) bond motifs is 1. The molecule has 1 aliphatic heterocycles. The zero-order chi connectivity index (χ0) is 11.5. The summed E-state index contributed by atoms with van der Waals surface area (Å²) < 4.78 is 19.5. The summed E-state index contributed by atoms with van der Waals surface area (Å²) in [5.74, 6) is 0.194. The van der Waals surface area contributed by atoms with Crippen molar-refractivity contribution in [2.75, 3.05) is 12.4 Å². The van der Waals surface area contributed by atoms with Crippen LogP contribution in [-0.2, 0) is 24.0 Å². The average Bonchev–Trinajstić information content (AvgIpc) is 2.27. The second kappa shape index (κ2) is 4.74. The van der Waals surface area contributed by atoms with Gasteiger partial charge in [0.1, 0.15) is 5.88 Å². The fourth-order valence-electron chi connectivity index (χ4n) is 1.95. The highest BCUT2D eigenvalue weighted by atomic mass is 32.2. The molecule has 1 heterocycles. The SMILES string of the molecule is N#Cc1ccc2c(c1)CCN(CS(=O)O)C2. The lowest BCUT2D eigenvalue weighted by Crippen LogP contribution is -2.33. The van der Waals surface area contributed by atoms with Gasteiger partial charge in [-0.3, -0.25) is 4.90 Å². The Labute approximate surface area is 96.8 Å². The van der Waals surface area contributed by atoms with E-state index in [9.17, 15) is 4.21 Å². The molecule has 4 nitrogen and oxygen atoms in total. The second-order valence-electron chi connectivity index (χ2n) is 3.85. The largest absolute Gasteiger partial charge is 0.305 e. The lowest BCUT2D eigenvalue weighted by Gasteiger charge is -2.27. The van der Waals surface area contributed by atoms with Crippen LogP contribution in [0.5, 0.6) is 0 Å². The number of rotatable bonds is 2. The van der Waals surface area contributed by atoms with Crippen molar-refractivity contribution >= 4 is 11.1 Å². The predicted molar refractivity (Wildman–Crippen MR) is 60.9 cm³/mol. The van der Waals surface area contributed by atoms with E-state index < -0.39 is 11.1 Å². The predicted octanol–water partition coefficient (Wildman–Crippen LogP) is 1.10. The molecule has 0 saturated heterocycles. The van der Waals surface area contributed by atoms with Crippen molar-refractivity contribution in [2.24, 2.45) is 0 Å². The van der Waals surface area contributed by atoms with Crippen LogP contribution in [0.25, 0.3) is 0 Å². The summed E-state index contributed by atoms with van der Waals surface area (Å²) in [5.41, 5.74) is 3.01. The molecule has 0 aromatic heterocycles. The zero-order valence-electron chi connectivity index (χ0n) is 8.72. The van der Waals surface area contributed by atoms with E-state index >= 15 is 0 Å². The van der Waals surface area contributed by atoms with Crippen molar-refractivity contribution in [2.45, 2.75) is 13.0 Å². The van der Waals surface area contributed by atoms with E-state index in [4.69, 9.17) is 9.81 Å². The number of hydrogen-bond donors (Lipinski definition) is 1. The van der Waals surface area contributed by atoms with Gasteiger partial charge in [0.05, 0.1) is 11.6 Å². The van der Waals surface area contributed by atoms with Gasteiger partial charge in [-0.2, -0.15) is 5.26 Å². The third-order valence-electron chi connectivity index (χ3n) is 2.72. The molecule has 5 heteroatoms. The van der Waals surface area contributed by atoms with E-state index in [-0.39, 0.29) is 5.88 Å². The van der Waals surface area contributed by atoms with Crippen LogP contribution in [0, 0.1) is 11.3 Å². The Morgan fingerprint density at radius 1 is 1.50 bits per heavy atom. The van der Waals surface area contributed by atoms with Gasteiger partial charge in [-0.05, 0) is 29.7 Å². The molecule has 0 amide bonds. The molecule has 0 spiro atoms. The van der Waals surface area contributed by atoms with Crippen LogP contribution >= 0.6 is 0 Å². The summed E-state index contributed by atoms with van der Waals surface area (Å²) >= 11 is -1.77. The minimum atomic E-state index is -1.77. The number of benzene rings is 1. The van der Waals surface area contributed by atoms with E-state index in [1.54, 1.807) is 6.07 Å². The highest BCUT2D eigenvalue weighted by Crippen LogP contribution is 2.20. The number of hydrogen-bond acceptors (Lipinski definition) is 3. The van der Waals surface area contributed by atoms with Gasteiger partial charge in [-0.15, -0.1) is 0 Å². The van der Waals surface area contributed by atoms with Gasteiger partial charge >= 0.3 is 0 Å². The molecule has 1 N–H and O–H groups in total. The quantitative estimate of drug-likeness (QED) is 0.781. The van der Waals surface area contributed by atoms with Crippen molar-refractivity contribution in [1.82, 2.24) is 4.90 Å². The third-order valence-corrected chi connectivity index (χ3v) is 3.31. The Kier molecular flexibility index (Phi) is 3.34. The maximum atomic E-state index is 10.7. The molecule has 1 atom stereocenters. The molecule has 2 rings (SSSR count). The van der Waals surface area contributed by atoms with Crippen LogP contribution < -0.4 is 0 Å². The third kappa shape index (κ3) is 2.47. The van der Waals surface area contributed by atoms with Gasteiger partial charge in [0.2, 0.25) is 0 Å². The highest BCUT2D eigenvalue weighted by molar-refractivity contribution is 7.79. The summed E-state index contributed by atoms with van der Waals surface area (Å²) in [7, 11) is 0. The second-order valence-corrected chi connectivity index (χ2v) is 4.75. The summed E-state index contributed by atoms with van der Waals surface area (Å²) in [6.07, 6.45) is 0.835. The smallest absolute Gasteiger partial charge is 0.167 e. The Balaban J connectivity index is 2.16. The van der Waals surface area contributed by atoms with Crippen LogP contribution in [0.1, 0.15) is 16.7 Å². The van der Waals surface area contributed by atoms with E-state index in [2.05, 4.69) is 6.07 Å². The normalized spacial score (nSPS) is 17.5. The van der Waals surface area contributed by atoms with Gasteiger partial charge in [0.25, 0.3) is 0 Å². The molecule has 0 bridgehead atoms. The molecule has 0 fully saturated rings. The number of nitrogens with zero attached hydrogens (tertiary/aromatic N) is 2. The first-order valence-corrected chi connectivity index (χ1v) is 6.28. The summed E-state index contributed by atoms with van der Waals surface area (Å²) in [6.45, 7) is 1.46.